The van der Waals surface area contributed by atoms with Crippen molar-refractivity contribution < 1.29 is 4.79 Å². The molecule has 0 radical (unpaired) electrons. The zero-order chi connectivity index (χ0) is 15.6. The van der Waals surface area contributed by atoms with E-state index in [0.29, 0.717) is 6.42 Å². The first kappa shape index (κ1) is 16.3. The zero-order valence-corrected chi connectivity index (χ0v) is 13.9. The summed E-state index contributed by atoms with van der Waals surface area (Å²) in [5, 5.41) is 0.738. The predicted octanol–water partition coefficient (Wildman–Crippen LogP) is 3.77. The average molecular weight is 309 g/mol. The van der Waals surface area contributed by atoms with Crippen LogP contribution in [0.3, 0.4) is 0 Å². The lowest BCUT2D eigenvalue weighted by atomic mass is 9.85. The SMILES string of the molecule is CC(C)(C)C(N)CC(=O)N1CCCC1c1ccccc1Cl. The van der Waals surface area contributed by atoms with Crippen molar-refractivity contribution in [1.82, 2.24) is 4.90 Å². The second-order valence-corrected chi connectivity index (χ2v) is 7.35. The summed E-state index contributed by atoms with van der Waals surface area (Å²) in [5.74, 6) is 0.139. The van der Waals surface area contributed by atoms with Crippen LogP contribution in [0, 0.1) is 5.41 Å². The molecular weight excluding hydrogens is 284 g/mol. The highest BCUT2D eigenvalue weighted by molar-refractivity contribution is 6.31. The number of nitrogens with two attached hydrogens (primary N) is 1. The van der Waals surface area contributed by atoms with Gasteiger partial charge in [0.2, 0.25) is 5.91 Å². The minimum absolute atomic E-state index is 0.0602. The molecule has 3 nitrogen and oxygen atoms in total. The maximum absolute atomic E-state index is 12.6. The summed E-state index contributed by atoms with van der Waals surface area (Å²) in [4.78, 5) is 14.6. The molecule has 2 N–H and O–H groups in total. The van der Waals surface area contributed by atoms with Crippen LogP contribution in [0.2, 0.25) is 5.02 Å². The second kappa shape index (κ2) is 6.37. The van der Waals surface area contributed by atoms with Gasteiger partial charge in [0.15, 0.2) is 0 Å². The first-order valence-corrected chi connectivity index (χ1v) is 7.98. The topological polar surface area (TPSA) is 46.3 Å². The van der Waals surface area contributed by atoms with Crippen LogP contribution in [0.1, 0.15) is 51.6 Å². The van der Waals surface area contributed by atoms with Crippen molar-refractivity contribution in [1.29, 1.82) is 0 Å². The highest BCUT2D eigenvalue weighted by Gasteiger charge is 2.33. The largest absolute Gasteiger partial charge is 0.336 e. The molecule has 1 aliphatic rings. The van der Waals surface area contributed by atoms with E-state index < -0.39 is 0 Å². The molecule has 2 rings (SSSR count). The number of benzene rings is 1. The fraction of sp³-hybridized carbons (Fsp3) is 0.588. The minimum atomic E-state index is -0.127. The number of carbonyl (C=O) groups excluding carboxylic acids is 1. The Balaban J connectivity index is 2.12. The van der Waals surface area contributed by atoms with Crippen molar-refractivity contribution in [3.05, 3.63) is 34.9 Å². The van der Waals surface area contributed by atoms with Gasteiger partial charge in [-0.1, -0.05) is 50.6 Å². The molecule has 1 aromatic rings. The van der Waals surface area contributed by atoms with E-state index in [0.717, 1.165) is 30.0 Å². The van der Waals surface area contributed by atoms with Crippen molar-refractivity contribution >= 4 is 17.5 Å². The van der Waals surface area contributed by atoms with Crippen LogP contribution in [0.4, 0.5) is 0 Å². The van der Waals surface area contributed by atoms with Gasteiger partial charge in [0.1, 0.15) is 0 Å². The number of carbonyl (C=O) groups is 1. The van der Waals surface area contributed by atoms with Crippen LogP contribution in [-0.4, -0.2) is 23.4 Å². The smallest absolute Gasteiger partial charge is 0.224 e. The van der Waals surface area contributed by atoms with E-state index >= 15 is 0 Å². The van der Waals surface area contributed by atoms with E-state index in [4.69, 9.17) is 17.3 Å². The fourth-order valence-corrected chi connectivity index (χ4v) is 3.01. The van der Waals surface area contributed by atoms with E-state index in [1.807, 2.05) is 29.2 Å². The van der Waals surface area contributed by atoms with Gasteiger partial charge in [-0.05, 0) is 29.9 Å². The van der Waals surface area contributed by atoms with Crippen molar-refractivity contribution in [3.63, 3.8) is 0 Å². The molecule has 2 unspecified atom stereocenters. The molecule has 1 fully saturated rings. The van der Waals surface area contributed by atoms with Crippen molar-refractivity contribution in [2.75, 3.05) is 6.54 Å². The van der Waals surface area contributed by atoms with E-state index in [-0.39, 0.29) is 23.4 Å². The first-order valence-electron chi connectivity index (χ1n) is 7.60. The van der Waals surface area contributed by atoms with Gasteiger partial charge in [-0.3, -0.25) is 4.79 Å². The molecule has 0 aromatic heterocycles. The summed E-state index contributed by atoms with van der Waals surface area (Å²) >= 11 is 6.29. The Labute approximate surface area is 132 Å². The number of hydrogen-bond donors (Lipinski definition) is 1. The van der Waals surface area contributed by atoms with Crippen LogP contribution >= 0.6 is 11.6 Å². The quantitative estimate of drug-likeness (QED) is 0.924. The molecule has 116 valence electrons. The highest BCUT2D eigenvalue weighted by atomic mass is 35.5. The van der Waals surface area contributed by atoms with Crippen LogP contribution in [0.25, 0.3) is 0 Å². The van der Waals surface area contributed by atoms with Gasteiger partial charge < -0.3 is 10.6 Å². The lowest BCUT2D eigenvalue weighted by Crippen LogP contribution is -2.41. The van der Waals surface area contributed by atoms with Gasteiger partial charge in [-0.15, -0.1) is 0 Å². The summed E-state index contributed by atoms with van der Waals surface area (Å²) in [6.07, 6.45) is 2.39. The molecule has 1 aliphatic heterocycles. The zero-order valence-electron chi connectivity index (χ0n) is 13.1. The fourth-order valence-electron chi connectivity index (χ4n) is 2.75. The molecule has 0 spiro atoms. The summed E-state index contributed by atoms with van der Waals surface area (Å²) in [7, 11) is 0. The molecule has 4 heteroatoms. The van der Waals surface area contributed by atoms with Gasteiger partial charge in [0, 0.05) is 24.0 Å². The van der Waals surface area contributed by atoms with Gasteiger partial charge in [0.05, 0.1) is 6.04 Å². The molecule has 0 saturated carbocycles. The third-order valence-corrected chi connectivity index (χ3v) is 4.69. The molecule has 0 aliphatic carbocycles. The molecule has 1 amide bonds. The minimum Gasteiger partial charge on any atom is -0.336 e. The standard InChI is InChI=1S/C17H25ClN2O/c1-17(2,3)15(19)11-16(21)20-10-6-9-14(20)12-7-4-5-8-13(12)18/h4-5,7-8,14-15H,6,9-11,19H2,1-3H3. The number of amides is 1. The van der Waals surface area contributed by atoms with E-state index in [1.165, 1.54) is 0 Å². The van der Waals surface area contributed by atoms with E-state index in [1.54, 1.807) is 0 Å². The molecule has 1 aromatic carbocycles. The van der Waals surface area contributed by atoms with Crippen molar-refractivity contribution in [3.8, 4) is 0 Å². The molecule has 1 heterocycles. The third-order valence-electron chi connectivity index (χ3n) is 4.34. The van der Waals surface area contributed by atoms with Crippen molar-refractivity contribution in [2.24, 2.45) is 11.1 Å². The lowest BCUT2D eigenvalue weighted by molar-refractivity contribution is -0.133. The molecule has 2 atom stereocenters. The summed E-state index contributed by atoms with van der Waals surface area (Å²) in [5.41, 5.74) is 7.15. The van der Waals surface area contributed by atoms with Gasteiger partial charge in [-0.2, -0.15) is 0 Å². The maximum atomic E-state index is 12.6. The first-order chi connectivity index (χ1) is 9.80. The lowest BCUT2D eigenvalue weighted by Gasteiger charge is -2.31. The van der Waals surface area contributed by atoms with Gasteiger partial charge >= 0.3 is 0 Å². The Morgan fingerprint density at radius 3 is 2.71 bits per heavy atom. The predicted molar refractivity (Wildman–Crippen MR) is 87.2 cm³/mol. The number of hydrogen-bond acceptors (Lipinski definition) is 2. The summed E-state index contributed by atoms with van der Waals surface area (Å²) < 4.78 is 0. The maximum Gasteiger partial charge on any atom is 0.224 e. The summed E-state index contributed by atoms with van der Waals surface area (Å²) in [6, 6.07) is 7.77. The van der Waals surface area contributed by atoms with Crippen molar-refractivity contribution in [2.45, 2.75) is 52.1 Å². The second-order valence-electron chi connectivity index (χ2n) is 6.94. The Hall–Kier alpha value is -1.06. The van der Waals surface area contributed by atoms with Crippen LogP contribution in [0.5, 0.6) is 0 Å². The van der Waals surface area contributed by atoms with Crippen LogP contribution in [0.15, 0.2) is 24.3 Å². The molecule has 1 saturated heterocycles. The number of nitrogens with zero attached hydrogens (tertiary/aromatic N) is 1. The van der Waals surface area contributed by atoms with E-state index in [9.17, 15) is 4.79 Å². The van der Waals surface area contributed by atoms with E-state index in [2.05, 4.69) is 20.8 Å². The average Bonchev–Trinajstić information content (AvgIpc) is 2.87. The molecular formula is C17H25ClN2O. The summed E-state index contributed by atoms with van der Waals surface area (Å²) in [6.45, 7) is 7.01. The third kappa shape index (κ3) is 3.78. The Morgan fingerprint density at radius 2 is 2.10 bits per heavy atom. The molecule has 21 heavy (non-hydrogen) atoms. The number of likely N-dealkylation sites (tertiary alicyclic amines) is 1. The number of halogens is 1. The van der Waals surface area contributed by atoms with Gasteiger partial charge in [-0.25, -0.2) is 0 Å². The Kier molecular flexibility index (Phi) is 4.95. The Morgan fingerprint density at radius 1 is 1.43 bits per heavy atom. The highest BCUT2D eigenvalue weighted by Crippen LogP contribution is 2.36. The van der Waals surface area contributed by atoms with Crippen LogP contribution in [-0.2, 0) is 4.79 Å². The van der Waals surface area contributed by atoms with Crippen LogP contribution < -0.4 is 5.73 Å². The monoisotopic (exact) mass is 308 g/mol. The Bertz CT molecular complexity index is 510. The normalized spacial score (nSPS) is 20.6. The molecule has 0 bridgehead atoms. The van der Waals surface area contributed by atoms with Gasteiger partial charge in [0.25, 0.3) is 0 Å². The number of rotatable bonds is 3.